The van der Waals surface area contributed by atoms with Crippen molar-refractivity contribution in [2.24, 2.45) is 0 Å². The number of hydrogen-bond acceptors (Lipinski definition) is 6. The molecule has 2 rings (SSSR count). The normalized spacial score (nSPS) is 21.6. The Morgan fingerprint density at radius 3 is 2.57 bits per heavy atom. The minimum atomic E-state index is -3.87. The van der Waals surface area contributed by atoms with Gasteiger partial charge in [0.25, 0.3) is 0 Å². The highest BCUT2D eigenvalue weighted by atomic mass is 32.2. The highest BCUT2D eigenvalue weighted by Gasteiger charge is 2.37. The molecule has 9 heteroatoms. The monoisotopic (exact) mass is 334 g/mol. The molecule has 118 valence electrons. The number of sulfone groups is 1. The van der Waals surface area contributed by atoms with Crippen molar-refractivity contribution in [1.82, 2.24) is 4.31 Å². The van der Waals surface area contributed by atoms with Crippen molar-refractivity contribution < 1.29 is 21.6 Å². The molecule has 1 unspecified atom stereocenters. The molecule has 0 saturated carbocycles. The van der Waals surface area contributed by atoms with Crippen molar-refractivity contribution in [1.29, 1.82) is 0 Å². The average molecular weight is 334 g/mol. The lowest BCUT2D eigenvalue weighted by Gasteiger charge is -2.23. The quantitative estimate of drug-likeness (QED) is 0.782. The molecule has 2 N–H and O–H groups in total. The molecule has 7 nitrogen and oxygen atoms in total. The van der Waals surface area contributed by atoms with E-state index in [9.17, 15) is 16.8 Å². The van der Waals surface area contributed by atoms with Gasteiger partial charge in [-0.05, 0) is 24.6 Å². The Balaban J connectivity index is 2.40. The number of nitrogens with zero attached hydrogens (tertiary/aromatic N) is 1. The van der Waals surface area contributed by atoms with E-state index in [-0.39, 0.29) is 22.2 Å². The summed E-state index contributed by atoms with van der Waals surface area (Å²) < 4.78 is 54.5. The minimum absolute atomic E-state index is 0.00555. The summed E-state index contributed by atoms with van der Waals surface area (Å²) in [5.41, 5.74) is 5.93. The van der Waals surface area contributed by atoms with E-state index in [4.69, 9.17) is 10.5 Å². The van der Waals surface area contributed by atoms with Gasteiger partial charge in [0.15, 0.2) is 9.84 Å². The number of anilines is 1. The van der Waals surface area contributed by atoms with Gasteiger partial charge in [-0.1, -0.05) is 0 Å². The molecule has 0 amide bonds. The van der Waals surface area contributed by atoms with Gasteiger partial charge < -0.3 is 10.5 Å². The van der Waals surface area contributed by atoms with Crippen molar-refractivity contribution >= 4 is 25.5 Å². The van der Waals surface area contributed by atoms with Crippen LogP contribution < -0.4 is 10.5 Å². The van der Waals surface area contributed by atoms with Gasteiger partial charge in [-0.3, -0.25) is 0 Å². The summed E-state index contributed by atoms with van der Waals surface area (Å²) in [5, 5.41) is 0. The SMILES string of the molecule is COc1ccc(N)cc1S(=O)(=O)N(C)C1CCS(=O)(=O)C1. The Labute approximate surface area is 124 Å². The van der Waals surface area contributed by atoms with E-state index in [1.54, 1.807) is 0 Å². The van der Waals surface area contributed by atoms with Crippen molar-refractivity contribution in [3.05, 3.63) is 18.2 Å². The van der Waals surface area contributed by atoms with Gasteiger partial charge in [0, 0.05) is 18.8 Å². The first-order valence-corrected chi connectivity index (χ1v) is 9.55. The van der Waals surface area contributed by atoms with E-state index < -0.39 is 25.9 Å². The third-order valence-electron chi connectivity index (χ3n) is 3.57. The molecule has 1 fully saturated rings. The van der Waals surface area contributed by atoms with E-state index in [1.165, 1.54) is 32.4 Å². The number of sulfonamides is 1. The third-order valence-corrected chi connectivity index (χ3v) is 7.25. The Bertz CT molecular complexity index is 743. The Morgan fingerprint density at radius 1 is 1.38 bits per heavy atom. The van der Waals surface area contributed by atoms with E-state index in [1.807, 2.05) is 0 Å². The van der Waals surface area contributed by atoms with E-state index in [0.29, 0.717) is 12.1 Å². The maximum atomic E-state index is 12.7. The van der Waals surface area contributed by atoms with Crippen molar-refractivity contribution in [2.75, 3.05) is 31.4 Å². The van der Waals surface area contributed by atoms with Crippen LogP contribution in [-0.4, -0.2) is 52.8 Å². The van der Waals surface area contributed by atoms with Gasteiger partial charge in [-0.25, -0.2) is 16.8 Å². The molecule has 1 heterocycles. The number of ether oxygens (including phenoxy) is 1. The fraction of sp³-hybridized carbons (Fsp3) is 0.500. The molecule has 0 bridgehead atoms. The summed E-state index contributed by atoms with van der Waals surface area (Å²) in [4.78, 5) is -0.0585. The molecular weight excluding hydrogens is 316 g/mol. The first kappa shape index (κ1) is 16.1. The zero-order valence-corrected chi connectivity index (χ0v) is 13.4. The lowest BCUT2D eigenvalue weighted by molar-refractivity contribution is 0.380. The molecule has 0 spiro atoms. The van der Waals surface area contributed by atoms with Crippen LogP contribution in [0.1, 0.15) is 6.42 Å². The van der Waals surface area contributed by atoms with Gasteiger partial charge in [0.05, 0.1) is 18.6 Å². The topological polar surface area (TPSA) is 107 Å². The molecule has 21 heavy (non-hydrogen) atoms. The maximum absolute atomic E-state index is 12.7. The van der Waals surface area contributed by atoms with Gasteiger partial charge in [0.1, 0.15) is 10.6 Å². The van der Waals surface area contributed by atoms with Gasteiger partial charge in [-0.2, -0.15) is 4.31 Å². The van der Waals surface area contributed by atoms with Crippen LogP contribution in [0, 0.1) is 0 Å². The first-order valence-electron chi connectivity index (χ1n) is 6.29. The second kappa shape index (κ2) is 5.47. The summed E-state index contributed by atoms with van der Waals surface area (Å²) in [6.45, 7) is 0. The number of methoxy groups -OCH3 is 1. The molecule has 1 aliphatic heterocycles. The predicted molar refractivity (Wildman–Crippen MR) is 79.4 cm³/mol. The number of nitrogen functional groups attached to an aromatic ring is 1. The molecule has 0 aromatic heterocycles. The van der Waals surface area contributed by atoms with E-state index in [2.05, 4.69) is 0 Å². The smallest absolute Gasteiger partial charge is 0.246 e. The number of nitrogens with two attached hydrogens (primary N) is 1. The molecular formula is C12H18N2O5S2. The minimum Gasteiger partial charge on any atom is -0.495 e. The van der Waals surface area contributed by atoms with Crippen LogP contribution >= 0.6 is 0 Å². The molecule has 1 aliphatic rings. The van der Waals surface area contributed by atoms with Gasteiger partial charge >= 0.3 is 0 Å². The molecule has 0 radical (unpaired) electrons. The van der Waals surface area contributed by atoms with Crippen LogP contribution in [0.25, 0.3) is 0 Å². The second-order valence-corrected chi connectivity index (χ2v) is 9.18. The van der Waals surface area contributed by atoms with Gasteiger partial charge in [-0.15, -0.1) is 0 Å². The summed E-state index contributed by atoms with van der Waals surface area (Å²) >= 11 is 0. The Hall–Kier alpha value is -1.32. The number of rotatable bonds is 4. The summed E-state index contributed by atoms with van der Waals surface area (Å²) in [6, 6.07) is 3.76. The van der Waals surface area contributed by atoms with Crippen LogP contribution in [0.15, 0.2) is 23.1 Å². The lowest BCUT2D eigenvalue weighted by Crippen LogP contribution is -2.38. The Morgan fingerprint density at radius 2 is 2.05 bits per heavy atom. The zero-order valence-electron chi connectivity index (χ0n) is 11.8. The fourth-order valence-corrected chi connectivity index (χ4v) is 5.75. The van der Waals surface area contributed by atoms with Crippen molar-refractivity contribution in [2.45, 2.75) is 17.4 Å². The first-order chi connectivity index (χ1) is 9.67. The van der Waals surface area contributed by atoms with E-state index in [0.717, 1.165) is 4.31 Å². The lowest BCUT2D eigenvalue weighted by atomic mass is 10.3. The van der Waals surface area contributed by atoms with Crippen molar-refractivity contribution in [3.8, 4) is 5.75 Å². The van der Waals surface area contributed by atoms with Crippen LogP contribution in [0.5, 0.6) is 5.75 Å². The maximum Gasteiger partial charge on any atom is 0.246 e. The molecule has 1 atom stereocenters. The van der Waals surface area contributed by atoms with Crippen molar-refractivity contribution in [3.63, 3.8) is 0 Å². The average Bonchev–Trinajstić information content (AvgIpc) is 2.78. The van der Waals surface area contributed by atoms with Crippen LogP contribution in [0.2, 0.25) is 0 Å². The summed E-state index contributed by atoms with van der Waals surface area (Å²) in [5.74, 6) is 0.0239. The summed E-state index contributed by atoms with van der Waals surface area (Å²) in [6.07, 6.45) is 0.294. The highest BCUT2D eigenvalue weighted by molar-refractivity contribution is 7.92. The zero-order chi connectivity index (χ0) is 15.8. The number of hydrogen-bond donors (Lipinski definition) is 1. The highest BCUT2D eigenvalue weighted by Crippen LogP contribution is 2.30. The van der Waals surface area contributed by atoms with Crippen LogP contribution in [0.4, 0.5) is 5.69 Å². The molecule has 1 saturated heterocycles. The Kier molecular flexibility index (Phi) is 4.18. The fourth-order valence-electron chi connectivity index (χ4n) is 2.31. The van der Waals surface area contributed by atoms with Gasteiger partial charge in [0.2, 0.25) is 10.0 Å². The third kappa shape index (κ3) is 3.14. The molecule has 1 aromatic carbocycles. The molecule has 0 aliphatic carbocycles. The standard InChI is InChI=1S/C12H18N2O5S2/c1-14(10-5-6-20(15,16)8-10)21(17,18)12-7-9(13)3-4-11(12)19-2/h3-4,7,10H,5-6,8,13H2,1-2H3. The predicted octanol–water partition coefficient (Wildman–Crippen LogP) is 0.0850. The second-order valence-electron chi connectivity index (χ2n) is 4.99. The number of benzene rings is 1. The van der Waals surface area contributed by atoms with Crippen LogP contribution in [-0.2, 0) is 19.9 Å². The van der Waals surface area contributed by atoms with E-state index >= 15 is 0 Å². The summed E-state index contributed by atoms with van der Waals surface area (Å²) in [7, 11) is -4.30. The van der Waals surface area contributed by atoms with Crippen LogP contribution in [0.3, 0.4) is 0 Å². The largest absolute Gasteiger partial charge is 0.495 e. The molecule has 1 aromatic rings.